The number of ether oxygens (including phenoxy) is 3. The molecule has 24 heavy (non-hydrogen) atoms. The summed E-state index contributed by atoms with van der Waals surface area (Å²) in [6.07, 6.45) is 6.22. The van der Waals surface area contributed by atoms with Crippen LogP contribution in [-0.4, -0.2) is 37.1 Å². The fourth-order valence-electron chi connectivity index (χ4n) is 2.81. The van der Waals surface area contributed by atoms with Crippen molar-refractivity contribution in [3.05, 3.63) is 12.7 Å². The molecule has 0 aliphatic heterocycles. The molecule has 0 heterocycles. The van der Waals surface area contributed by atoms with Gasteiger partial charge in [0.2, 0.25) is 0 Å². The Labute approximate surface area is 144 Å². The Kier molecular flexibility index (Phi) is 8.65. The normalized spacial score (nSPS) is 20.8. The van der Waals surface area contributed by atoms with Crippen LogP contribution in [0.15, 0.2) is 12.7 Å². The second-order valence-corrected chi connectivity index (χ2v) is 7.12. The van der Waals surface area contributed by atoms with Gasteiger partial charge in [0.05, 0.1) is 0 Å². The van der Waals surface area contributed by atoms with Gasteiger partial charge in [0.25, 0.3) is 0 Å². The second kappa shape index (κ2) is 10.2. The summed E-state index contributed by atoms with van der Waals surface area (Å²) in [7, 11) is 0. The number of rotatable bonds is 7. The van der Waals surface area contributed by atoms with Crippen LogP contribution in [0.25, 0.3) is 0 Å². The van der Waals surface area contributed by atoms with Gasteiger partial charge in [-0.1, -0.05) is 19.1 Å². The van der Waals surface area contributed by atoms with Gasteiger partial charge >= 0.3 is 12.2 Å². The topological polar surface area (TPSA) is 73.9 Å². The molecule has 1 aliphatic carbocycles. The van der Waals surface area contributed by atoms with E-state index in [2.05, 4.69) is 11.9 Å². The Morgan fingerprint density at radius 2 is 1.96 bits per heavy atom. The Morgan fingerprint density at radius 3 is 2.62 bits per heavy atom. The summed E-state index contributed by atoms with van der Waals surface area (Å²) < 4.78 is 15.5. The molecule has 0 spiro atoms. The van der Waals surface area contributed by atoms with E-state index in [1.165, 1.54) is 6.08 Å². The molecule has 6 nitrogen and oxygen atoms in total. The third kappa shape index (κ3) is 8.79. The van der Waals surface area contributed by atoms with E-state index in [4.69, 9.17) is 14.2 Å². The molecule has 6 heteroatoms. The predicted molar refractivity (Wildman–Crippen MR) is 91.8 cm³/mol. The summed E-state index contributed by atoms with van der Waals surface area (Å²) in [5.41, 5.74) is -0.488. The lowest BCUT2D eigenvalue weighted by Gasteiger charge is -2.30. The Morgan fingerprint density at radius 1 is 1.25 bits per heavy atom. The van der Waals surface area contributed by atoms with E-state index >= 15 is 0 Å². The molecule has 1 amide bonds. The molecule has 1 rings (SSSR count). The minimum Gasteiger partial charge on any atom is -0.444 e. The molecule has 0 aromatic heterocycles. The first kappa shape index (κ1) is 20.3. The molecule has 1 aliphatic rings. The van der Waals surface area contributed by atoms with Gasteiger partial charge in [0, 0.05) is 6.54 Å². The zero-order valence-electron chi connectivity index (χ0n) is 15.1. The Balaban J connectivity index is 2.29. The summed E-state index contributed by atoms with van der Waals surface area (Å²) in [4.78, 5) is 23.2. The van der Waals surface area contributed by atoms with Crippen molar-refractivity contribution in [2.24, 2.45) is 5.92 Å². The maximum absolute atomic E-state index is 11.6. The Hall–Kier alpha value is -1.72. The van der Waals surface area contributed by atoms with E-state index < -0.39 is 17.8 Å². The molecule has 0 aromatic carbocycles. The minimum atomic E-state index is -0.626. The smallest absolute Gasteiger partial charge is 0.444 e. The average Bonchev–Trinajstić information content (AvgIpc) is 2.49. The highest BCUT2D eigenvalue weighted by Crippen LogP contribution is 2.30. The van der Waals surface area contributed by atoms with Crippen molar-refractivity contribution < 1.29 is 23.8 Å². The van der Waals surface area contributed by atoms with Crippen molar-refractivity contribution in [3.63, 3.8) is 0 Å². The van der Waals surface area contributed by atoms with Crippen molar-refractivity contribution >= 4 is 12.2 Å². The number of carbonyl (C=O) groups is 2. The van der Waals surface area contributed by atoms with Crippen LogP contribution in [0.2, 0.25) is 0 Å². The third-order valence-corrected chi connectivity index (χ3v) is 3.83. The fourth-order valence-corrected chi connectivity index (χ4v) is 2.81. The molecule has 1 fully saturated rings. The van der Waals surface area contributed by atoms with Crippen molar-refractivity contribution in [1.29, 1.82) is 0 Å². The highest BCUT2D eigenvalue weighted by molar-refractivity contribution is 5.67. The molecule has 0 saturated heterocycles. The summed E-state index contributed by atoms with van der Waals surface area (Å²) in [6, 6.07) is 0. The van der Waals surface area contributed by atoms with Gasteiger partial charge in [-0.3, -0.25) is 0 Å². The van der Waals surface area contributed by atoms with Crippen LogP contribution in [-0.2, 0) is 14.2 Å². The lowest BCUT2D eigenvalue weighted by atomic mass is 9.83. The van der Waals surface area contributed by atoms with Crippen LogP contribution in [0.4, 0.5) is 9.59 Å². The van der Waals surface area contributed by atoms with Crippen LogP contribution < -0.4 is 5.32 Å². The highest BCUT2D eigenvalue weighted by Gasteiger charge is 2.28. The number of amides is 1. The molecule has 2 atom stereocenters. The van der Waals surface area contributed by atoms with E-state index in [-0.39, 0.29) is 12.7 Å². The van der Waals surface area contributed by atoms with Crippen LogP contribution in [0.5, 0.6) is 0 Å². The molecule has 1 saturated carbocycles. The van der Waals surface area contributed by atoms with Crippen molar-refractivity contribution in [3.8, 4) is 0 Å². The first-order chi connectivity index (χ1) is 11.3. The zero-order chi connectivity index (χ0) is 18.0. The molecule has 0 aromatic rings. The van der Waals surface area contributed by atoms with Gasteiger partial charge in [-0.2, -0.15) is 0 Å². The van der Waals surface area contributed by atoms with E-state index in [1.54, 1.807) is 0 Å². The summed E-state index contributed by atoms with van der Waals surface area (Å²) >= 11 is 0. The first-order valence-corrected chi connectivity index (χ1v) is 8.73. The number of hydrogen-bond donors (Lipinski definition) is 1. The molecule has 1 N–H and O–H groups in total. The summed E-state index contributed by atoms with van der Waals surface area (Å²) in [5, 5.41) is 2.76. The van der Waals surface area contributed by atoms with E-state index in [0.29, 0.717) is 12.5 Å². The number of nitrogens with one attached hydrogen (secondary N) is 1. The number of carbonyl (C=O) groups excluding carboxylic acids is 2. The number of alkyl carbamates (subject to hydrolysis) is 1. The lowest BCUT2D eigenvalue weighted by molar-refractivity contribution is -0.0104. The van der Waals surface area contributed by atoms with Gasteiger partial charge in [0.15, 0.2) is 0 Å². The van der Waals surface area contributed by atoms with Gasteiger partial charge in [-0.05, 0) is 58.8 Å². The fraction of sp³-hybridized carbons (Fsp3) is 0.778. The minimum absolute atomic E-state index is 0.0995. The largest absolute Gasteiger partial charge is 0.508 e. The van der Waals surface area contributed by atoms with Crippen molar-refractivity contribution in [2.45, 2.75) is 71.0 Å². The summed E-state index contributed by atoms with van der Waals surface area (Å²) in [6.45, 7) is 9.73. The highest BCUT2D eigenvalue weighted by atomic mass is 16.7. The van der Waals surface area contributed by atoms with Crippen molar-refractivity contribution in [1.82, 2.24) is 5.32 Å². The SMILES string of the molecule is C=CCOC(=O)O[C@H]1CCCC[C@H]1CCCNC(=O)OC(C)(C)C. The monoisotopic (exact) mass is 341 g/mol. The molecule has 0 radical (unpaired) electrons. The van der Waals surface area contributed by atoms with E-state index in [0.717, 1.165) is 38.5 Å². The van der Waals surface area contributed by atoms with Crippen molar-refractivity contribution in [2.75, 3.05) is 13.2 Å². The van der Waals surface area contributed by atoms with Crippen LogP contribution in [0.3, 0.4) is 0 Å². The van der Waals surface area contributed by atoms with E-state index in [9.17, 15) is 9.59 Å². The van der Waals surface area contributed by atoms with Crippen LogP contribution in [0, 0.1) is 5.92 Å². The molecular weight excluding hydrogens is 310 g/mol. The molecule has 0 bridgehead atoms. The van der Waals surface area contributed by atoms with Gasteiger partial charge in [0.1, 0.15) is 18.3 Å². The van der Waals surface area contributed by atoms with Gasteiger partial charge in [-0.15, -0.1) is 0 Å². The number of hydrogen-bond acceptors (Lipinski definition) is 5. The second-order valence-electron chi connectivity index (χ2n) is 7.12. The van der Waals surface area contributed by atoms with Gasteiger partial charge < -0.3 is 19.5 Å². The zero-order valence-corrected chi connectivity index (χ0v) is 15.1. The molecule has 138 valence electrons. The lowest BCUT2D eigenvalue weighted by Crippen LogP contribution is -2.34. The van der Waals surface area contributed by atoms with Crippen LogP contribution in [0.1, 0.15) is 59.3 Å². The van der Waals surface area contributed by atoms with Gasteiger partial charge in [-0.25, -0.2) is 9.59 Å². The predicted octanol–water partition coefficient (Wildman–Crippen LogP) is 4.19. The third-order valence-electron chi connectivity index (χ3n) is 3.83. The summed E-state index contributed by atoms with van der Waals surface area (Å²) in [5.74, 6) is 0.315. The quantitative estimate of drug-likeness (QED) is 0.427. The van der Waals surface area contributed by atoms with Crippen LogP contribution >= 0.6 is 0 Å². The standard InChI is InChI=1S/C18H31NO5/c1-5-13-22-17(21)23-15-11-7-6-9-14(15)10-8-12-19-16(20)24-18(2,3)4/h5,14-15H,1,6-13H2,2-4H3,(H,19,20)/t14-,15-/m0/s1. The van der Waals surface area contributed by atoms with E-state index in [1.807, 2.05) is 20.8 Å². The first-order valence-electron chi connectivity index (χ1n) is 8.73. The molecular formula is C18H31NO5. The molecule has 0 unspecified atom stereocenters. The maximum Gasteiger partial charge on any atom is 0.508 e. The maximum atomic E-state index is 11.6. The average molecular weight is 341 g/mol. The Bertz CT molecular complexity index is 416.